The maximum atomic E-state index is 13.4. The second-order valence-corrected chi connectivity index (χ2v) is 2.95. The molecular weight excluding hydrogens is 189 g/mol. The number of rotatable bonds is 2. The molecule has 5 heteroatoms. The summed E-state index contributed by atoms with van der Waals surface area (Å²) in [6.45, 7) is 3.24. The van der Waals surface area contributed by atoms with Gasteiger partial charge in [-0.05, 0) is 30.5 Å². The van der Waals surface area contributed by atoms with Crippen LogP contribution in [-0.4, -0.2) is 10.0 Å². The average Bonchev–Trinajstić information content (AvgIpc) is 2.10. The summed E-state index contributed by atoms with van der Waals surface area (Å²) >= 11 is 0. The van der Waals surface area contributed by atoms with E-state index in [0.717, 1.165) is 0 Å². The van der Waals surface area contributed by atoms with Gasteiger partial charge < -0.3 is 5.11 Å². The number of nitrogens with zero attached hydrogens (tertiary/aromatic N) is 1. The molecule has 1 rings (SSSR count). The van der Waals surface area contributed by atoms with Gasteiger partial charge >= 0.3 is 5.69 Å². The SMILES string of the molecule is CCc1cc(O)c([N+](=O)[O-])c(F)c1C. The number of nitro benzene ring substituents is 1. The van der Waals surface area contributed by atoms with E-state index >= 15 is 0 Å². The van der Waals surface area contributed by atoms with Crippen molar-refractivity contribution in [2.45, 2.75) is 20.3 Å². The van der Waals surface area contributed by atoms with Gasteiger partial charge in [0.25, 0.3) is 0 Å². The van der Waals surface area contributed by atoms with E-state index in [-0.39, 0.29) is 5.56 Å². The van der Waals surface area contributed by atoms with E-state index in [1.807, 2.05) is 0 Å². The number of halogens is 1. The fourth-order valence-corrected chi connectivity index (χ4v) is 1.31. The standard InChI is InChI=1S/C9H10FNO3/c1-3-6-4-7(12)9(11(13)14)8(10)5(6)2/h4,12H,3H2,1-2H3. The molecule has 0 aromatic heterocycles. The molecule has 0 aliphatic heterocycles. The van der Waals surface area contributed by atoms with E-state index in [1.165, 1.54) is 13.0 Å². The number of nitro groups is 1. The molecule has 1 N–H and O–H groups in total. The Kier molecular flexibility index (Phi) is 2.69. The van der Waals surface area contributed by atoms with Crippen LogP contribution >= 0.6 is 0 Å². The molecule has 0 aliphatic carbocycles. The van der Waals surface area contributed by atoms with E-state index in [2.05, 4.69) is 0 Å². The van der Waals surface area contributed by atoms with Crippen LogP contribution in [0.5, 0.6) is 5.75 Å². The smallest absolute Gasteiger partial charge is 0.346 e. The van der Waals surface area contributed by atoms with E-state index in [4.69, 9.17) is 0 Å². The largest absolute Gasteiger partial charge is 0.502 e. The molecule has 14 heavy (non-hydrogen) atoms. The third-order valence-corrected chi connectivity index (χ3v) is 2.14. The number of hydrogen-bond acceptors (Lipinski definition) is 3. The molecule has 4 nitrogen and oxygen atoms in total. The first kappa shape index (κ1) is 10.4. The van der Waals surface area contributed by atoms with Crippen LogP contribution in [-0.2, 0) is 6.42 Å². The van der Waals surface area contributed by atoms with Crippen molar-refractivity contribution < 1.29 is 14.4 Å². The van der Waals surface area contributed by atoms with Crippen molar-refractivity contribution in [3.63, 3.8) is 0 Å². The van der Waals surface area contributed by atoms with Crippen molar-refractivity contribution in [1.29, 1.82) is 0 Å². The predicted octanol–water partition coefficient (Wildman–Crippen LogP) is 2.31. The molecule has 0 spiro atoms. The Morgan fingerprint density at radius 2 is 2.21 bits per heavy atom. The number of hydrogen-bond donors (Lipinski definition) is 1. The third-order valence-electron chi connectivity index (χ3n) is 2.14. The van der Waals surface area contributed by atoms with Gasteiger partial charge in [-0.25, -0.2) is 0 Å². The molecule has 0 radical (unpaired) electrons. The second-order valence-electron chi connectivity index (χ2n) is 2.95. The van der Waals surface area contributed by atoms with Crippen LogP contribution in [0, 0.1) is 22.9 Å². The third kappa shape index (κ3) is 1.53. The molecule has 0 aliphatic rings. The number of phenolic OH excluding ortho intramolecular Hbond substituents is 1. The molecule has 0 bridgehead atoms. The van der Waals surface area contributed by atoms with E-state index in [9.17, 15) is 19.6 Å². The first-order valence-electron chi connectivity index (χ1n) is 4.14. The minimum absolute atomic E-state index is 0.219. The molecule has 0 saturated carbocycles. The van der Waals surface area contributed by atoms with Crippen LogP contribution in [0.1, 0.15) is 18.1 Å². The van der Waals surface area contributed by atoms with Gasteiger partial charge in [0.1, 0.15) is 0 Å². The molecule has 0 heterocycles. The highest BCUT2D eigenvalue weighted by Gasteiger charge is 2.23. The van der Waals surface area contributed by atoms with Crippen LogP contribution < -0.4 is 0 Å². The van der Waals surface area contributed by atoms with Crippen molar-refractivity contribution in [2.75, 3.05) is 0 Å². The van der Waals surface area contributed by atoms with Gasteiger partial charge in [0, 0.05) is 0 Å². The quantitative estimate of drug-likeness (QED) is 0.587. The van der Waals surface area contributed by atoms with Gasteiger partial charge in [-0.2, -0.15) is 4.39 Å². The summed E-state index contributed by atoms with van der Waals surface area (Å²) in [7, 11) is 0. The number of benzene rings is 1. The summed E-state index contributed by atoms with van der Waals surface area (Å²) in [4.78, 5) is 9.48. The lowest BCUT2D eigenvalue weighted by Crippen LogP contribution is -1.99. The second kappa shape index (κ2) is 3.61. The van der Waals surface area contributed by atoms with Gasteiger partial charge in [0.15, 0.2) is 5.75 Å². The van der Waals surface area contributed by atoms with Gasteiger partial charge in [0.2, 0.25) is 5.82 Å². The predicted molar refractivity (Wildman–Crippen MR) is 48.8 cm³/mol. The Balaban J connectivity index is 3.49. The number of aromatic hydroxyl groups is 1. The molecule has 0 unspecified atom stereocenters. The van der Waals surface area contributed by atoms with Crippen molar-refractivity contribution in [3.8, 4) is 5.75 Å². The van der Waals surface area contributed by atoms with Gasteiger partial charge in [-0.3, -0.25) is 10.1 Å². The van der Waals surface area contributed by atoms with E-state index in [0.29, 0.717) is 12.0 Å². The average molecular weight is 199 g/mol. The number of aryl methyl sites for hydroxylation is 1. The highest BCUT2D eigenvalue weighted by molar-refractivity contribution is 5.52. The van der Waals surface area contributed by atoms with Gasteiger partial charge in [-0.1, -0.05) is 6.92 Å². The monoisotopic (exact) mass is 199 g/mol. The summed E-state index contributed by atoms with van der Waals surface area (Å²) in [6.07, 6.45) is 0.522. The molecule has 0 fully saturated rings. The van der Waals surface area contributed by atoms with Crippen LogP contribution in [0.25, 0.3) is 0 Å². The highest BCUT2D eigenvalue weighted by Crippen LogP contribution is 2.33. The zero-order valence-electron chi connectivity index (χ0n) is 7.87. The maximum absolute atomic E-state index is 13.4. The van der Waals surface area contributed by atoms with Crippen LogP contribution in [0.2, 0.25) is 0 Å². The van der Waals surface area contributed by atoms with Crippen LogP contribution in [0.15, 0.2) is 6.07 Å². The normalized spacial score (nSPS) is 10.2. The van der Waals surface area contributed by atoms with Crippen molar-refractivity contribution in [2.24, 2.45) is 0 Å². The molecule has 0 saturated heterocycles. The minimum atomic E-state index is -0.952. The topological polar surface area (TPSA) is 63.4 Å². The van der Waals surface area contributed by atoms with Crippen LogP contribution in [0.4, 0.5) is 10.1 Å². The fourth-order valence-electron chi connectivity index (χ4n) is 1.31. The molecule has 76 valence electrons. The first-order valence-corrected chi connectivity index (χ1v) is 4.14. The van der Waals surface area contributed by atoms with E-state index < -0.39 is 22.2 Å². The van der Waals surface area contributed by atoms with Crippen LogP contribution in [0.3, 0.4) is 0 Å². The van der Waals surface area contributed by atoms with Crippen molar-refractivity contribution >= 4 is 5.69 Å². The Morgan fingerprint density at radius 3 is 2.64 bits per heavy atom. The molecule has 1 aromatic carbocycles. The summed E-state index contributed by atoms with van der Waals surface area (Å²) in [6, 6.07) is 1.23. The zero-order chi connectivity index (χ0) is 10.9. The molecule has 0 amide bonds. The Bertz CT molecular complexity index is 390. The van der Waals surface area contributed by atoms with Gasteiger partial charge in [-0.15, -0.1) is 0 Å². The zero-order valence-corrected chi connectivity index (χ0v) is 7.87. The first-order chi connectivity index (χ1) is 6.49. The Hall–Kier alpha value is -1.65. The minimum Gasteiger partial charge on any atom is -0.502 e. The molecule has 0 atom stereocenters. The van der Waals surface area contributed by atoms with Gasteiger partial charge in [0.05, 0.1) is 4.92 Å². The molecule has 1 aromatic rings. The summed E-state index contributed by atoms with van der Waals surface area (Å²) in [5.74, 6) is -1.57. The van der Waals surface area contributed by atoms with Crippen molar-refractivity contribution in [3.05, 3.63) is 33.1 Å². The Morgan fingerprint density at radius 1 is 1.64 bits per heavy atom. The molecular formula is C9H10FNO3. The lowest BCUT2D eigenvalue weighted by molar-refractivity contribution is -0.388. The lowest BCUT2D eigenvalue weighted by atomic mass is 10.0. The fraction of sp³-hybridized carbons (Fsp3) is 0.333. The summed E-state index contributed by atoms with van der Waals surface area (Å²) in [5, 5.41) is 19.6. The summed E-state index contributed by atoms with van der Waals surface area (Å²) < 4.78 is 13.4. The highest BCUT2D eigenvalue weighted by atomic mass is 19.1. The Labute approximate surface area is 80.1 Å². The van der Waals surface area contributed by atoms with Crippen molar-refractivity contribution in [1.82, 2.24) is 0 Å². The summed E-state index contributed by atoms with van der Waals surface area (Å²) in [5.41, 5.74) is -0.0534. The van der Waals surface area contributed by atoms with E-state index in [1.54, 1.807) is 6.92 Å². The maximum Gasteiger partial charge on any atom is 0.346 e. The lowest BCUT2D eigenvalue weighted by Gasteiger charge is -2.05. The number of phenols is 1.